The molecule has 45 heavy (non-hydrogen) atoms. The first-order valence-corrected chi connectivity index (χ1v) is 18.3. The van der Waals surface area contributed by atoms with Crippen LogP contribution < -0.4 is 11.3 Å². The maximum atomic E-state index is 16.0. The lowest BCUT2D eigenvalue weighted by Crippen LogP contribution is -2.37. The second-order valence-electron chi connectivity index (χ2n) is 10.2. The Morgan fingerprint density at radius 2 is 1.44 bits per heavy atom. The molecule has 3 fully saturated rings. The molecule has 4 aromatic rings. The van der Waals surface area contributed by atoms with Gasteiger partial charge in [-0.25, -0.2) is 33.7 Å². The molecule has 7 heterocycles. The predicted molar refractivity (Wildman–Crippen MR) is 155 cm³/mol. The summed E-state index contributed by atoms with van der Waals surface area (Å²) in [6.45, 7) is -8.26. The number of anilines is 1. The average Bonchev–Trinajstić information content (AvgIpc) is 3.72. The number of aromatic nitrogens is 8. The molecule has 7 rings (SSSR count). The van der Waals surface area contributed by atoms with Crippen LogP contribution in [0.3, 0.4) is 0 Å². The van der Waals surface area contributed by atoms with Crippen LogP contribution >= 0.6 is 13.4 Å². The van der Waals surface area contributed by atoms with Gasteiger partial charge in [0.15, 0.2) is 47.4 Å². The first kappa shape index (κ1) is 31.2. The van der Waals surface area contributed by atoms with Crippen molar-refractivity contribution in [1.82, 2.24) is 39.0 Å². The van der Waals surface area contributed by atoms with Gasteiger partial charge in [0.05, 0.1) is 25.9 Å². The largest absolute Gasteiger partial charge is 0.382 e. The fraction of sp³-hybridized carbons (Fsp3) is 0.524. The van der Waals surface area contributed by atoms with Gasteiger partial charge in [-0.3, -0.25) is 23.0 Å². The lowest BCUT2D eigenvalue weighted by atomic mass is 10.1. The van der Waals surface area contributed by atoms with Crippen LogP contribution in [0.1, 0.15) is 18.3 Å². The second kappa shape index (κ2) is 11.4. The molecule has 0 aromatic carbocycles. The number of ether oxygens (including phenoxy) is 2. The fourth-order valence-corrected chi connectivity index (χ4v) is 8.21. The second-order valence-corrected chi connectivity index (χ2v) is 15.8. The topological polar surface area (TPSA) is 229 Å². The van der Waals surface area contributed by atoms with Gasteiger partial charge in [-0.2, -0.15) is 0 Å². The van der Waals surface area contributed by atoms with E-state index in [0.29, 0.717) is 0 Å². The van der Waals surface area contributed by atoms with Gasteiger partial charge in [-0.05, 0) is 30.5 Å². The van der Waals surface area contributed by atoms with Crippen LogP contribution in [0.5, 0.6) is 0 Å². The first-order valence-electron chi connectivity index (χ1n) is 13.1. The molecule has 4 aromatic heterocycles. The first-order chi connectivity index (χ1) is 21.3. The number of hydrogen-bond acceptors (Lipinski definition) is 15. The van der Waals surface area contributed by atoms with Crippen molar-refractivity contribution in [2.45, 2.75) is 56.1 Å². The molecule has 18 nitrogen and oxygen atoms in total. The summed E-state index contributed by atoms with van der Waals surface area (Å²) in [6, 6.07) is 0. The SMILES string of the molecule is Cc1nc2c(ncn2[C@@H]2O[C@@H]3COP(O)(=S)O[C@H]4[C@@H](F)[C@H](n5cnc6c(N)ncnc65)O[C@@H]4COP(O)(=S)O[C@H]3[C@H]2F)c(=O)[nH]1. The van der Waals surface area contributed by atoms with Gasteiger partial charge in [0.25, 0.3) is 5.56 Å². The number of aromatic amines is 1. The molecule has 10 atom stereocenters. The summed E-state index contributed by atoms with van der Waals surface area (Å²) in [7, 11) is 0. The number of alkyl halides is 2. The Morgan fingerprint density at radius 3 is 2.02 bits per heavy atom. The molecule has 0 aliphatic carbocycles. The molecule has 2 unspecified atom stereocenters. The van der Waals surface area contributed by atoms with Gasteiger partial charge < -0.3 is 39.0 Å². The van der Waals surface area contributed by atoms with Crippen molar-refractivity contribution in [3.63, 3.8) is 0 Å². The molecular formula is C21H23F2N9O9P2S2. The van der Waals surface area contributed by atoms with Crippen LogP contribution in [-0.2, 0) is 51.2 Å². The Hall–Kier alpha value is -2.46. The third kappa shape index (κ3) is 5.62. The molecule has 0 spiro atoms. The standard InChI is InChI=1S/C21H23F2N9O9P2S2/c1-7-29-18-13(19(33)30-7)28-6-32(18)21-11(23)15-9(39-21)3-37-42(34,44)40-14-8(2-36-43(35,45)41-15)38-20(10(14)22)31-5-27-12-16(24)25-4-26-17(12)31/h4-6,8-11,14-15,20-21H,2-3H2,1H3,(H,34,44)(H,35,45)(H2,24,25,26)(H,29,30,33)/t8-,9-,10-,11-,14-,15-,20-,21-,42?,43?/m1/s1. The molecular weight excluding hydrogens is 686 g/mol. The number of halogens is 2. The van der Waals surface area contributed by atoms with E-state index in [2.05, 4.69) is 29.9 Å². The maximum Gasteiger partial charge on any atom is 0.325 e. The van der Waals surface area contributed by atoms with Gasteiger partial charge >= 0.3 is 13.4 Å². The van der Waals surface area contributed by atoms with Crippen molar-refractivity contribution in [1.29, 1.82) is 0 Å². The molecule has 0 radical (unpaired) electrons. The lowest BCUT2D eigenvalue weighted by Gasteiger charge is -2.29. The summed E-state index contributed by atoms with van der Waals surface area (Å²) in [4.78, 5) is 56.9. The number of H-pyrrole nitrogens is 1. The summed E-state index contributed by atoms with van der Waals surface area (Å²) in [6.07, 6.45) is -9.30. The molecule has 242 valence electrons. The third-order valence-corrected chi connectivity index (χ3v) is 10.5. The Kier molecular flexibility index (Phi) is 7.86. The zero-order chi connectivity index (χ0) is 31.8. The van der Waals surface area contributed by atoms with Gasteiger partial charge in [0.2, 0.25) is 0 Å². The fourth-order valence-electron chi connectivity index (χ4n) is 5.34. The Bertz CT molecular complexity index is 1950. The van der Waals surface area contributed by atoms with Crippen LogP contribution in [0.25, 0.3) is 22.3 Å². The van der Waals surface area contributed by atoms with E-state index in [1.165, 1.54) is 22.4 Å². The lowest BCUT2D eigenvalue weighted by molar-refractivity contribution is -0.0583. The highest BCUT2D eigenvalue weighted by molar-refractivity contribution is 8.07. The monoisotopic (exact) mass is 709 g/mol. The van der Waals surface area contributed by atoms with Crippen LogP contribution in [0.15, 0.2) is 23.8 Å². The predicted octanol–water partition coefficient (Wildman–Crippen LogP) is 0.572. The van der Waals surface area contributed by atoms with Crippen LogP contribution in [0.4, 0.5) is 14.6 Å². The van der Waals surface area contributed by atoms with Crippen LogP contribution in [0.2, 0.25) is 0 Å². The summed E-state index contributed by atoms with van der Waals surface area (Å²) in [5.41, 5.74) is 5.58. The Labute approximate surface area is 260 Å². The zero-order valence-corrected chi connectivity index (χ0v) is 26.1. The number of fused-ring (bicyclic) bond motifs is 4. The quantitative estimate of drug-likeness (QED) is 0.209. The number of rotatable bonds is 2. The molecule has 5 N–H and O–H groups in total. The summed E-state index contributed by atoms with van der Waals surface area (Å²) in [5.74, 6) is 0.295. The number of nitrogens with one attached hydrogen (secondary N) is 1. The number of imidazole rings is 2. The van der Waals surface area contributed by atoms with Crippen molar-refractivity contribution in [3.05, 3.63) is 35.2 Å². The Balaban J connectivity index is 1.17. The maximum absolute atomic E-state index is 16.0. The molecule has 24 heteroatoms. The normalized spacial score (nSPS) is 37.7. The highest BCUT2D eigenvalue weighted by Crippen LogP contribution is 2.54. The summed E-state index contributed by atoms with van der Waals surface area (Å²) >= 11 is 10.3. The third-order valence-electron chi connectivity index (χ3n) is 7.33. The number of nitrogen functional groups attached to an aromatic ring is 1. The van der Waals surface area contributed by atoms with E-state index < -0.39 is 81.4 Å². The van der Waals surface area contributed by atoms with E-state index >= 15 is 8.78 Å². The molecule has 0 amide bonds. The summed E-state index contributed by atoms with van der Waals surface area (Å²) < 4.78 is 68.2. The number of hydrogen-bond donors (Lipinski definition) is 4. The number of nitrogens with two attached hydrogens (primary N) is 1. The van der Waals surface area contributed by atoms with Gasteiger partial charge in [0.1, 0.15) is 42.1 Å². The molecule has 0 bridgehead atoms. The molecule has 3 aliphatic rings. The molecule has 3 saturated heterocycles. The van der Waals surface area contributed by atoms with Crippen molar-refractivity contribution in [2.75, 3.05) is 18.9 Å². The number of aryl methyl sites for hydroxylation is 1. The van der Waals surface area contributed by atoms with E-state index in [9.17, 15) is 14.6 Å². The van der Waals surface area contributed by atoms with E-state index in [-0.39, 0.29) is 34.0 Å². The van der Waals surface area contributed by atoms with Gasteiger partial charge in [-0.1, -0.05) is 0 Å². The smallest absolute Gasteiger partial charge is 0.325 e. The average molecular weight is 710 g/mol. The minimum absolute atomic E-state index is 0.0192. The van der Waals surface area contributed by atoms with Crippen molar-refractivity contribution < 1.29 is 46.1 Å². The Morgan fingerprint density at radius 1 is 0.911 bits per heavy atom. The molecule has 3 aliphatic heterocycles. The van der Waals surface area contributed by atoms with E-state index in [1.54, 1.807) is 0 Å². The highest BCUT2D eigenvalue weighted by Gasteiger charge is 2.53. The van der Waals surface area contributed by atoms with E-state index in [0.717, 1.165) is 12.7 Å². The van der Waals surface area contributed by atoms with Crippen molar-refractivity contribution in [3.8, 4) is 0 Å². The van der Waals surface area contributed by atoms with Crippen molar-refractivity contribution >= 4 is 65.2 Å². The van der Waals surface area contributed by atoms with Gasteiger partial charge in [-0.15, -0.1) is 0 Å². The van der Waals surface area contributed by atoms with Gasteiger partial charge in [0, 0.05) is 0 Å². The number of nitrogens with zero attached hydrogens (tertiary/aromatic N) is 7. The zero-order valence-electron chi connectivity index (χ0n) is 22.7. The van der Waals surface area contributed by atoms with Crippen LogP contribution in [-0.4, -0.2) is 98.8 Å². The highest BCUT2D eigenvalue weighted by atomic mass is 32.5. The molecule has 0 saturated carbocycles. The van der Waals surface area contributed by atoms with Crippen LogP contribution in [0, 0.1) is 6.92 Å². The minimum Gasteiger partial charge on any atom is -0.382 e. The van der Waals surface area contributed by atoms with E-state index in [4.69, 9.17) is 56.9 Å². The van der Waals surface area contributed by atoms with Crippen molar-refractivity contribution in [2.24, 2.45) is 0 Å². The van der Waals surface area contributed by atoms with E-state index in [1.807, 2.05) is 0 Å². The summed E-state index contributed by atoms with van der Waals surface area (Å²) in [5, 5.41) is 0. The minimum atomic E-state index is -4.27.